The molecule has 1 aliphatic heterocycles. The summed E-state index contributed by atoms with van der Waals surface area (Å²) in [6.45, 7) is 2.75. The van der Waals surface area contributed by atoms with Crippen LogP contribution in [0.15, 0.2) is 30.3 Å². The summed E-state index contributed by atoms with van der Waals surface area (Å²) in [7, 11) is 0. The Hall–Kier alpha value is -2.25. The van der Waals surface area contributed by atoms with Gasteiger partial charge in [0.05, 0.1) is 16.8 Å². The van der Waals surface area contributed by atoms with Gasteiger partial charge in [-0.15, -0.1) is 11.3 Å². The van der Waals surface area contributed by atoms with Gasteiger partial charge in [-0.2, -0.15) is 0 Å². The first-order valence-corrected chi connectivity index (χ1v) is 9.19. The number of carboxylic acids is 1. The van der Waals surface area contributed by atoms with Gasteiger partial charge in [0.15, 0.2) is 0 Å². The summed E-state index contributed by atoms with van der Waals surface area (Å²) in [6.07, 6.45) is 0.817. The summed E-state index contributed by atoms with van der Waals surface area (Å²) in [6, 6.07) is 7.92. The van der Waals surface area contributed by atoms with Gasteiger partial charge in [-0.25, -0.2) is 4.39 Å². The Morgan fingerprint density at radius 3 is 2.54 bits per heavy atom. The molecule has 7 heteroatoms. The molecule has 1 aliphatic rings. The number of carbonyl (C=O) groups is 2. The number of aliphatic carboxylic acids is 1. The summed E-state index contributed by atoms with van der Waals surface area (Å²) in [5, 5.41) is 12.1. The summed E-state index contributed by atoms with van der Waals surface area (Å²) >= 11 is 1.32. The van der Waals surface area contributed by atoms with Crippen LogP contribution in [0, 0.1) is 12.7 Å². The van der Waals surface area contributed by atoms with Gasteiger partial charge in [-0.1, -0.05) is 12.1 Å². The van der Waals surface area contributed by atoms with Crippen LogP contribution < -0.4 is 5.32 Å². The van der Waals surface area contributed by atoms with E-state index in [1.54, 1.807) is 18.2 Å². The van der Waals surface area contributed by atoms with Crippen molar-refractivity contribution in [2.24, 2.45) is 0 Å². The molecule has 1 aromatic carbocycles. The zero-order valence-electron chi connectivity index (χ0n) is 14.4. The summed E-state index contributed by atoms with van der Waals surface area (Å²) in [5.41, 5.74) is 0.986. The van der Waals surface area contributed by atoms with Crippen LogP contribution in [0.25, 0.3) is 10.4 Å². The SMILES string of the molecule is Cc1cc(C(=O)NC2(CC(=O)O)CCOCC2)sc1-c1ccc(F)cc1. The van der Waals surface area contributed by atoms with Crippen molar-refractivity contribution in [2.75, 3.05) is 13.2 Å². The van der Waals surface area contributed by atoms with Crippen molar-refractivity contribution in [3.63, 3.8) is 0 Å². The maximum Gasteiger partial charge on any atom is 0.305 e. The second-order valence-corrected chi connectivity index (χ2v) is 7.60. The smallest absolute Gasteiger partial charge is 0.305 e. The molecule has 26 heavy (non-hydrogen) atoms. The number of carbonyl (C=O) groups excluding carboxylic acids is 1. The molecule has 0 spiro atoms. The van der Waals surface area contributed by atoms with Gasteiger partial charge in [0, 0.05) is 18.1 Å². The molecule has 0 radical (unpaired) electrons. The topological polar surface area (TPSA) is 75.6 Å². The van der Waals surface area contributed by atoms with E-state index in [2.05, 4.69) is 5.32 Å². The number of benzene rings is 1. The monoisotopic (exact) mass is 377 g/mol. The third kappa shape index (κ3) is 4.11. The van der Waals surface area contributed by atoms with Crippen LogP contribution in [-0.4, -0.2) is 35.7 Å². The van der Waals surface area contributed by atoms with Crippen LogP contribution in [0.5, 0.6) is 0 Å². The Bertz CT molecular complexity index is 809. The molecule has 138 valence electrons. The first-order chi connectivity index (χ1) is 12.4. The van der Waals surface area contributed by atoms with E-state index < -0.39 is 11.5 Å². The summed E-state index contributed by atoms with van der Waals surface area (Å²) in [5.74, 6) is -1.53. The molecule has 2 N–H and O–H groups in total. The first kappa shape index (κ1) is 18.5. The van der Waals surface area contributed by atoms with Crippen LogP contribution in [0.4, 0.5) is 4.39 Å². The quantitative estimate of drug-likeness (QED) is 0.835. The molecule has 2 aromatic rings. The lowest BCUT2D eigenvalue weighted by Crippen LogP contribution is -2.53. The second kappa shape index (κ2) is 7.55. The average Bonchev–Trinajstić information content (AvgIpc) is 2.97. The number of amides is 1. The maximum atomic E-state index is 13.1. The average molecular weight is 377 g/mol. The highest BCUT2D eigenvalue weighted by atomic mass is 32.1. The highest BCUT2D eigenvalue weighted by Crippen LogP contribution is 2.33. The number of hydrogen-bond acceptors (Lipinski definition) is 4. The maximum absolute atomic E-state index is 13.1. The lowest BCUT2D eigenvalue weighted by atomic mass is 9.86. The molecule has 5 nitrogen and oxygen atoms in total. The van der Waals surface area contributed by atoms with Crippen molar-refractivity contribution in [3.8, 4) is 10.4 Å². The molecule has 1 fully saturated rings. The van der Waals surface area contributed by atoms with Gasteiger partial charge in [0.2, 0.25) is 0 Å². The number of carboxylic acid groups (broad SMARTS) is 1. The van der Waals surface area contributed by atoms with Crippen molar-refractivity contribution in [3.05, 3.63) is 46.6 Å². The number of ether oxygens (including phenoxy) is 1. The lowest BCUT2D eigenvalue weighted by Gasteiger charge is -2.36. The lowest BCUT2D eigenvalue weighted by molar-refractivity contribution is -0.139. The van der Waals surface area contributed by atoms with E-state index in [0.29, 0.717) is 30.9 Å². The van der Waals surface area contributed by atoms with Crippen LogP contribution in [-0.2, 0) is 9.53 Å². The zero-order valence-corrected chi connectivity index (χ0v) is 15.2. The molecule has 1 aromatic heterocycles. The van der Waals surface area contributed by atoms with Gasteiger partial charge in [0.25, 0.3) is 5.91 Å². The van der Waals surface area contributed by atoms with Gasteiger partial charge in [-0.3, -0.25) is 9.59 Å². The van der Waals surface area contributed by atoms with Crippen molar-refractivity contribution >= 4 is 23.2 Å². The minimum absolute atomic E-state index is 0.128. The number of halogens is 1. The Morgan fingerprint density at radius 2 is 1.92 bits per heavy atom. The highest BCUT2D eigenvalue weighted by molar-refractivity contribution is 7.17. The fraction of sp³-hybridized carbons (Fsp3) is 0.368. The highest BCUT2D eigenvalue weighted by Gasteiger charge is 2.37. The standard InChI is InChI=1S/C19H20FNO4S/c1-12-10-15(26-17(12)13-2-4-14(20)5-3-13)18(24)21-19(11-16(22)23)6-8-25-9-7-19/h2-5,10H,6-9,11H2,1H3,(H,21,24)(H,22,23). The molecule has 3 rings (SSSR count). The van der Waals surface area contributed by atoms with E-state index in [9.17, 15) is 19.1 Å². The fourth-order valence-corrected chi connectivity index (χ4v) is 4.26. The van der Waals surface area contributed by atoms with Crippen molar-refractivity contribution in [2.45, 2.75) is 31.7 Å². The zero-order chi connectivity index (χ0) is 18.7. The van der Waals surface area contributed by atoms with Gasteiger partial charge in [0.1, 0.15) is 5.82 Å². The number of thiophene rings is 1. The second-order valence-electron chi connectivity index (χ2n) is 6.55. The van der Waals surface area contributed by atoms with Gasteiger partial charge >= 0.3 is 5.97 Å². The van der Waals surface area contributed by atoms with Crippen LogP contribution in [0.1, 0.15) is 34.5 Å². The summed E-state index contributed by atoms with van der Waals surface area (Å²) in [4.78, 5) is 25.4. The Morgan fingerprint density at radius 1 is 1.27 bits per heavy atom. The van der Waals surface area contributed by atoms with Crippen LogP contribution in [0.3, 0.4) is 0 Å². The van der Waals surface area contributed by atoms with Crippen LogP contribution >= 0.6 is 11.3 Å². The Balaban J connectivity index is 1.82. The van der Waals surface area contributed by atoms with Crippen molar-refractivity contribution in [1.82, 2.24) is 5.32 Å². The largest absolute Gasteiger partial charge is 0.481 e. The number of aryl methyl sites for hydroxylation is 1. The van der Waals surface area contributed by atoms with E-state index in [1.165, 1.54) is 23.5 Å². The molecule has 2 heterocycles. The Labute approximate surface area is 154 Å². The van der Waals surface area contributed by atoms with E-state index >= 15 is 0 Å². The Kier molecular flexibility index (Phi) is 5.38. The fourth-order valence-electron chi connectivity index (χ4n) is 3.18. The number of hydrogen-bond donors (Lipinski definition) is 2. The van der Waals surface area contributed by atoms with Gasteiger partial charge < -0.3 is 15.2 Å². The normalized spacial score (nSPS) is 16.2. The molecule has 1 amide bonds. The number of nitrogens with one attached hydrogen (secondary N) is 1. The van der Waals surface area contributed by atoms with E-state index in [4.69, 9.17) is 4.74 Å². The minimum atomic E-state index is -0.943. The number of rotatable bonds is 5. The molecule has 1 saturated heterocycles. The predicted octanol–water partition coefficient (Wildman–Crippen LogP) is 3.62. The van der Waals surface area contributed by atoms with Crippen LogP contribution in [0.2, 0.25) is 0 Å². The van der Waals surface area contributed by atoms with E-state index in [1.807, 2.05) is 6.92 Å². The van der Waals surface area contributed by atoms with Gasteiger partial charge in [-0.05, 0) is 49.1 Å². The van der Waals surface area contributed by atoms with E-state index in [-0.39, 0.29) is 18.1 Å². The molecule has 0 aliphatic carbocycles. The molecular weight excluding hydrogens is 357 g/mol. The third-order valence-corrected chi connectivity index (χ3v) is 5.85. The predicted molar refractivity (Wildman–Crippen MR) is 97.0 cm³/mol. The van der Waals surface area contributed by atoms with E-state index in [0.717, 1.165) is 16.0 Å². The summed E-state index contributed by atoms with van der Waals surface area (Å²) < 4.78 is 18.4. The first-order valence-electron chi connectivity index (χ1n) is 8.37. The molecule has 0 atom stereocenters. The molecule has 0 bridgehead atoms. The van der Waals surface area contributed by atoms with Crippen molar-refractivity contribution in [1.29, 1.82) is 0 Å². The third-order valence-electron chi connectivity index (χ3n) is 4.57. The minimum Gasteiger partial charge on any atom is -0.481 e. The molecular formula is C19H20FNO4S. The molecule has 0 saturated carbocycles. The van der Waals surface area contributed by atoms with Crippen molar-refractivity contribution < 1.29 is 23.8 Å². The molecule has 0 unspecified atom stereocenters.